The zero-order valence-corrected chi connectivity index (χ0v) is 17.7. The topological polar surface area (TPSA) is 50.8 Å². The first-order valence-electron chi connectivity index (χ1n) is 10.4. The van der Waals surface area contributed by atoms with E-state index in [0.29, 0.717) is 32.2 Å². The summed E-state index contributed by atoms with van der Waals surface area (Å²) in [7, 11) is 0. The summed E-state index contributed by atoms with van der Waals surface area (Å²) in [6.07, 6.45) is 3.03. The number of aliphatic hydroxyl groups excluding tert-OH is 1. The van der Waals surface area contributed by atoms with Gasteiger partial charge in [-0.1, -0.05) is 26.0 Å². The van der Waals surface area contributed by atoms with E-state index in [0.717, 1.165) is 23.6 Å². The number of halogens is 1. The van der Waals surface area contributed by atoms with E-state index in [1.54, 1.807) is 18.4 Å². The quantitative estimate of drug-likeness (QED) is 0.480. The fourth-order valence-corrected chi connectivity index (χ4v) is 3.57. The molecule has 30 heavy (non-hydrogen) atoms. The molecule has 0 bridgehead atoms. The molecule has 0 fully saturated rings. The number of aromatic nitrogens is 1. The lowest BCUT2D eigenvalue weighted by Crippen LogP contribution is -2.37. The van der Waals surface area contributed by atoms with E-state index in [1.807, 2.05) is 30.5 Å². The Morgan fingerprint density at radius 2 is 2.00 bits per heavy atom. The molecule has 1 N–H and O–H groups in total. The van der Waals surface area contributed by atoms with Gasteiger partial charge in [0.05, 0.1) is 19.0 Å². The second-order valence-electron chi connectivity index (χ2n) is 8.09. The zero-order chi connectivity index (χ0) is 21.3. The third kappa shape index (κ3) is 7.13. The maximum atomic E-state index is 13.5. The zero-order valence-electron chi connectivity index (χ0n) is 17.7. The minimum Gasteiger partial charge on any atom is -0.467 e. The standard InChI is InChI=1S/C24H31FN2O3/c1-19(2)13-26(16-23(28)17-29-18-24-9-5-11-30-24)15-22-8-4-10-27(22)14-20-6-3-7-21(25)12-20/h3-12,19,23,28H,13-18H2,1-2H3/t23-/m1/s1. The first kappa shape index (κ1) is 22.3. The fourth-order valence-electron chi connectivity index (χ4n) is 3.57. The molecule has 2 heterocycles. The SMILES string of the molecule is CC(C)CN(Cc1cccn1Cc1cccc(F)c1)C[C@@H](O)COCc1ccco1. The van der Waals surface area contributed by atoms with Crippen molar-refractivity contribution in [1.82, 2.24) is 9.47 Å². The summed E-state index contributed by atoms with van der Waals surface area (Å²) < 4.78 is 26.5. The molecule has 0 spiro atoms. The van der Waals surface area contributed by atoms with Crippen LogP contribution >= 0.6 is 0 Å². The number of furan rings is 1. The molecule has 0 aliphatic heterocycles. The van der Waals surface area contributed by atoms with Crippen molar-refractivity contribution in [2.45, 2.75) is 39.6 Å². The van der Waals surface area contributed by atoms with Crippen molar-refractivity contribution in [2.75, 3.05) is 19.7 Å². The molecule has 0 aliphatic rings. The maximum absolute atomic E-state index is 13.5. The minimum atomic E-state index is -0.592. The number of ether oxygens (including phenoxy) is 1. The highest BCUT2D eigenvalue weighted by atomic mass is 19.1. The van der Waals surface area contributed by atoms with Crippen LogP contribution in [-0.2, 0) is 24.4 Å². The van der Waals surface area contributed by atoms with E-state index in [2.05, 4.69) is 29.4 Å². The van der Waals surface area contributed by atoms with Crippen LogP contribution in [0.2, 0.25) is 0 Å². The molecule has 3 aromatic rings. The van der Waals surface area contributed by atoms with Crippen LogP contribution in [-0.4, -0.2) is 40.4 Å². The first-order valence-corrected chi connectivity index (χ1v) is 10.4. The predicted molar refractivity (Wildman–Crippen MR) is 114 cm³/mol. The molecule has 1 atom stereocenters. The van der Waals surface area contributed by atoms with Crippen molar-refractivity contribution >= 4 is 0 Å². The largest absolute Gasteiger partial charge is 0.467 e. The van der Waals surface area contributed by atoms with Crippen LogP contribution < -0.4 is 0 Å². The van der Waals surface area contributed by atoms with Crippen LogP contribution in [0.3, 0.4) is 0 Å². The van der Waals surface area contributed by atoms with Gasteiger partial charge in [0.2, 0.25) is 0 Å². The molecule has 0 radical (unpaired) electrons. The highest BCUT2D eigenvalue weighted by Crippen LogP contribution is 2.13. The lowest BCUT2D eigenvalue weighted by Gasteiger charge is -2.27. The molecule has 2 aromatic heterocycles. The summed E-state index contributed by atoms with van der Waals surface area (Å²) in [4.78, 5) is 2.24. The van der Waals surface area contributed by atoms with Crippen LogP contribution in [0.25, 0.3) is 0 Å². The highest BCUT2D eigenvalue weighted by Gasteiger charge is 2.16. The lowest BCUT2D eigenvalue weighted by atomic mass is 10.2. The van der Waals surface area contributed by atoms with Crippen molar-refractivity contribution in [3.8, 4) is 0 Å². The second kappa shape index (κ2) is 11.1. The Bertz CT molecular complexity index is 876. The molecular weight excluding hydrogens is 383 g/mol. The number of rotatable bonds is 12. The van der Waals surface area contributed by atoms with Crippen molar-refractivity contribution < 1.29 is 18.7 Å². The molecule has 162 valence electrons. The smallest absolute Gasteiger partial charge is 0.129 e. The van der Waals surface area contributed by atoms with Gasteiger partial charge in [-0.3, -0.25) is 4.90 Å². The predicted octanol–water partition coefficient (Wildman–Crippen LogP) is 4.30. The summed E-state index contributed by atoms with van der Waals surface area (Å²) >= 11 is 0. The van der Waals surface area contributed by atoms with Gasteiger partial charge in [-0.05, 0) is 47.9 Å². The van der Waals surface area contributed by atoms with Gasteiger partial charge in [0.1, 0.15) is 18.2 Å². The molecule has 1 aromatic carbocycles. The normalized spacial score (nSPS) is 12.7. The molecule has 0 saturated heterocycles. The Morgan fingerprint density at radius 1 is 1.13 bits per heavy atom. The van der Waals surface area contributed by atoms with Gasteiger partial charge >= 0.3 is 0 Å². The van der Waals surface area contributed by atoms with E-state index in [1.165, 1.54) is 6.07 Å². The minimum absolute atomic E-state index is 0.222. The molecule has 3 rings (SSSR count). The van der Waals surface area contributed by atoms with E-state index < -0.39 is 6.10 Å². The Kier molecular flexibility index (Phi) is 8.25. The number of aliphatic hydroxyl groups is 1. The molecule has 5 nitrogen and oxygen atoms in total. The van der Waals surface area contributed by atoms with E-state index >= 15 is 0 Å². The molecule has 0 amide bonds. The molecular formula is C24H31FN2O3. The van der Waals surface area contributed by atoms with Crippen LogP contribution in [0.5, 0.6) is 0 Å². The van der Waals surface area contributed by atoms with Crippen molar-refractivity contribution in [1.29, 1.82) is 0 Å². The molecule has 6 heteroatoms. The summed E-state index contributed by atoms with van der Waals surface area (Å²) in [6.45, 7) is 7.63. The number of benzene rings is 1. The van der Waals surface area contributed by atoms with Gasteiger partial charge in [-0.2, -0.15) is 0 Å². The van der Waals surface area contributed by atoms with E-state index in [-0.39, 0.29) is 12.4 Å². The van der Waals surface area contributed by atoms with Gasteiger partial charge in [0.25, 0.3) is 0 Å². The fraction of sp³-hybridized carbons (Fsp3) is 0.417. The summed E-state index contributed by atoms with van der Waals surface area (Å²) in [5.41, 5.74) is 2.05. The average Bonchev–Trinajstić information content (AvgIpc) is 3.34. The molecule has 0 unspecified atom stereocenters. The van der Waals surface area contributed by atoms with Gasteiger partial charge in [-0.15, -0.1) is 0 Å². The highest BCUT2D eigenvalue weighted by molar-refractivity contribution is 5.19. The van der Waals surface area contributed by atoms with Crippen molar-refractivity contribution in [2.24, 2.45) is 5.92 Å². The lowest BCUT2D eigenvalue weighted by molar-refractivity contribution is 0.00193. The Morgan fingerprint density at radius 3 is 2.73 bits per heavy atom. The monoisotopic (exact) mass is 414 g/mol. The Labute approximate surface area is 177 Å². The maximum Gasteiger partial charge on any atom is 0.129 e. The van der Waals surface area contributed by atoms with Crippen LogP contribution in [0, 0.1) is 11.7 Å². The first-order chi connectivity index (χ1) is 14.5. The van der Waals surface area contributed by atoms with Gasteiger partial charge in [0.15, 0.2) is 0 Å². The summed E-state index contributed by atoms with van der Waals surface area (Å²) in [6, 6.07) is 14.4. The van der Waals surface area contributed by atoms with E-state index in [9.17, 15) is 9.50 Å². The van der Waals surface area contributed by atoms with E-state index in [4.69, 9.17) is 9.15 Å². The van der Waals surface area contributed by atoms with Gasteiger partial charge in [0, 0.05) is 38.1 Å². The Hall–Kier alpha value is -2.41. The number of nitrogens with zero attached hydrogens (tertiary/aromatic N) is 2. The molecule has 0 aliphatic carbocycles. The second-order valence-corrected chi connectivity index (χ2v) is 8.09. The third-order valence-electron chi connectivity index (χ3n) is 4.78. The molecule has 0 saturated carbocycles. The van der Waals surface area contributed by atoms with Gasteiger partial charge < -0.3 is 18.8 Å². The van der Waals surface area contributed by atoms with Gasteiger partial charge in [-0.25, -0.2) is 4.39 Å². The van der Waals surface area contributed by atoms with Crippen molar-refractivity contribution in [3.05, 3.63) is 83.8 Å². The van der Waals surface area contributed by atoms with Crippen LogP contribution in [0.15, 0.2) is 65.4 Å². The summed E-state index contributed by atoms with van der Waals surface area (Å²) in [5.74, 6) is 0.990. The number of hydrogen-bond acceptors (Lipinski definition) is 4. The van der Waals surface area contributed by atoms with Crippen LogP contribution in [0.4, 0.5) is 4.39 Å². The van der Waals surface area contributed by atoms with Crippen LogP contribution in [0.1, 0.15) is 30.9 Å². The Balaban J connectivity index is 1.57. The average molecular weight is 415 g/mol. The third-order valence-corrected chi connectivity index (χ3v) is 4.78. The van der Waals surface area contributed by atoms with Crippen molar-refractivity contribution in [3.63, 3.8) is 0 Å². The summed E-state index contributed by atoms with van der Waals surface area (Å²) in [5, 5.41) is 10.5. The number of hydrogen-bond donors (Lipinski definition) is 1.